The number of Topliss-reactive ketones (excluding diaryl/α,β-unsaturated/α-hetero) is 1. The Balaban J connectivity index is 1.54. The topological polar surface area (TPSA) is 123 Å². The van der Waals surface area contributed by atoms with E-state index in [1.165, 1.54) is 4.90 Å². The number of amides is 3. The molecule has 0 saturated carbocycles. The van der Waals surface area contributed by atoms with E-state index in [1.54, 1.807) is 6.92 Å². The lowest BCUT2D eigenvalue weighted by molar-refractivity contribution is -0.139. The molecule has 0 bridgehead atoms. The summed E-state index contributed by atoms with van der Waals surface area (Å²) < 4.78 is 16.4. The average Bonchev–Trinajstić information content (AvgIpc) is 3.52. The van der Waals surface area contributed by atoms with Gasteiger partial charge < -0.3 is 29.7 Å². The fraction of sp³-hybridized carbons (Fsp3) is 0.643. The van der Waals surface area contributed by atoms with E-state index in [4.69, 9.17) is 14.2 Å². The molecule has 1 unspecified atom stereocenters. The number of alkyl carbamates (subject to hydrolysis) is 1. The summed E-state index contributed by atoms with van der Waals surface area (Å²) in [5.41, 5.74) is 0.354. The molecule has 1 aromatic carbocycles. The largest absolute Gasteiger partial charge is 0.449 e. The summed E-state index contributed by atoms with van der Waals surface area (Å²) in [6.45, 7) is 9.68. The molecule has 2 aliphatic heterocycles. The van der Waals surface area contributed by atoms with Crippen molar-refractivity contribution in [1.29, 1.82) is 0 Å². The zero-order valence-electron chi connectivity index (χ0n) is 22.9. The number of nitrogens with zero attached hydrogens (tertiary/aromatic N) is 1. The zero-order chi connectivity index (χ0) is 27.7. The molecule has 38 heavy (non-hydrogen) atoms. The van der Waals surface area contributed by atoms with Crippen LogP contribution in [0.2, 0.25) is 0 Å². The van der Waals surface area contributed by atoms with Gasteiger partial charge in [-0.15, -0.1) is 0 Å². The van der Waals surface area contributed by atoms with E-state index < -0.39 is 41.4 Å². The van der Waals surface area contributed by atoms with Gasteiger partial charge >= 0.3 is 12.2 Å². The minimum atomic E-state index is -1.01. The Bertz CT molecular complexity index is 962. The first-order chi connectivity index (χ1) is 18.1. The van der Waals surface area contributed by atoms with Gasteiger partial charge in [0.1, 0.15) is 12.1 Å². The van der Waals surface area contributed by atoms with Crippen LogP contribution in [0.25, 0.3) is 0 Å². The quantitative estimate of drug-likeness (QED) is 0.418. The fourth-order valence-corrected chi connectivity index (χ4v) is 4.67. The van der Waals surface area contributed by atoms with Gasteiger partial charge in [0.05, 0.1) is 25.8 Å². The Morgan fingerprint density at radius 2 is 1.89 bits per heavy atom. The maximum Gasteiger partial charge on any atom is 0.409 e. The number of ketones is 1. The Labute approximate surface area is 224 Å². The van der Waals surface area contributed by atoms with Crippen LogP contribution in [0.1, 0.15) is 65.0 Å². The van der Waals surface area contributed by atoms with Crippen molar-refractivity contribution >= 4 is 23.9 Å². The summed E-state index contributed by atoms with van der Waals surface area (Å²) in [7, 11) is 0. The first kappa shape index (κ1) is 29.4. The van der Waals surface area contributed by atoms with Gasteiger partial charge in [-0.2, -0.15) is 0 Å². The molecule has 210 valence electrons. The van der Waals surface area contributed by atoms with Crippen LogP contribution in [0.5, 0.6) is 0 Å². The monoisotopic (exact) mass is 531 g/mol. The summed E-state index contributed by atoms with van der Waals surface area (Å²) in [6, 6.07) is 7.95. The van der Waals surface area contributed by atoms with E-state index in [0.717, 1.165) is 18.4 Å². The van der Waals surface area contributed by atoms with E-state index in [1.807, 2.05) is 51.1 Å². The second kappa shape index (κ2) is 13.6. The van der Waals surface area contributed by atoms with E-state index >= 15 is 0 Å². The minimum absolute atomic E-state index is 0.184. The highest BCUT2D eigenvalue weighted by Gasteiger charge is 2.45. The highest BCUT2D eigenvalue weighted by Crippen LogP contribution is 2.32. The summed E-state index contributed by atoms with van der Waals surface area (Å²) in [6.07, 6.45) is 0.789. The molecule has 2 aliphatic rings. The highest BCUT2D eigenvalue weighted by atomic mass is 16.6. The molecule has 1 aromatic rings. The molecule has 0 aromatic heterocycles. The van der Waals surface area contributed by atoms with Gasteiger partial charge in [-0.05, 0) is 25.3 Å². The van der Waals surface area contributed by atoms with Crippen LogP contribution < -0.4 is 10.6 Å². The van der Waals surface area contributed by atoms with E-state index in [2.05, 4.69) is 10.6 Å². The van der Waals surface area contributed by atoms with Crippen LogP contribution in [0.3, 0.4) is 0 Å². The minimum Gasteiger partial charge on any atom is -0.449 e. The Kier molecular flexibility index (Phi) is 10.5. The van der Waals surface area contributed by atoms with E-state index in [0.29, 0.717) is 39.2 Å². The van der Waals surface area contributed by atoms with Gasteiger partial charge in [-0.25, -0.2) is 9.59 Å². The van der Waals surface area contributed by atoms with Gasteiger partial charge in [0.15, 0.2) is 0 Å². The number of ether oxygens (including phenoxy) is 3. The molecule has 3 rings (SSSR count). The first-order valence-corrected chi connectivity index (χ1v) is 13.5. The maximum atomic E-state index is 13.0. The van der Waals surface area contributed by atoms with Crippen molar-refractivity contribution in [3.8, 4) is 0 Å². The molecule has 0 radical (unpaired) electrons. The lowest BCUT2D eigenvalue weighted by Crippen LogP contribution is -2.49. The molecule has 4 atom stereocenters. The first-order valence-electron chi connectivity index (χ1n) is 13.5. The van der Waals surface area contributed by atoms with Crippen molar-refractivity contribution in [3.05, 3.63) is 35.9 Å². The molecular formula is C28H41N3O7. The van der Waals surface area contributed by atoms with Gasteiger partial charge in [0.25, 0.3) is 5.91 Å². The predicted molar refractivity (Wildman–Crippen MR) is 140 cm³/mol. The van der Waals surface area contributed by atoms with Crippen LogP contribution in [0.4, 0.5) is 9.59 Å². The van der Waals surface area contributed by atoms with Gasteiger partial charge in [-0.3, -0.25) is 9.59 Å². The number of rotatable bonds is 11. The third kappa shape index (κ3) is 8.18. The van der Waals surface area contributed by atoms with Crippen LogP contribution >= 0.6 is 0 Å². The van der Waals surface area contributed by atoms with Crippen LogP contribution in [-0.2, 0) is 23.8 Å². The molecule has 2 heterocycles. The lowest BCUT2D eigenvalue weighted by atomic mass is 9.90. The maximum absolute atomic E-state index is 13.0. The van der Waals surface area contributed by atoms with Crippen molar-refractivity contribution < 1.29 is 33.4 Å². The number of nitrogens with one attached hydrogen (secondary N) is 2. The molecule has 3 amide bonds. The van der Waals surface area contributed by atoms with Crippen molar-refractivity contribution in [2.75, 3.05) is 32.9 Å². The standard InChI is InChI=1S/C28H41N3O7/c1-5-6-12-22(24(32)25(33)29-19(2)21-10-8-7-9-11-21)30-26(34)38-23-15-31(18-28(23,3)4)27(35)37-17-20-13-14-36-16-20/h7-11,19-20,22-23H,5-6,12-18H2,1-4H3,(H,29,33)(H,30,34)/t19-,20?,22+,23+/m1/s1. The molecule has 2 saturated heterocycles. The summed E-state index contributed by atoms with van der Waals surface area (Å²) in [5.74, 6) is -1.27. The smallest absolute Gasteiger partial charge is 0.409 e. The van der Waals surface area contributed by atoms with E-state index in [9.17, 15) is 19.2 Å². The number of hydrogen-bond donors (Lipinski definition) is 2. The van der Waals surface area contributed by atoms with Gasteiger partial charge in [-0.1, -0.05) is 63.9 Å². The highest BCUT2D eigenvalue weighted by molar-refractivity contribution is 6.38. The summed E-state index contributed by atoms with van der Waals surface area (Å²) >= 11 is 0. The second-order valence-electron chi connectivity index (χ2n) is 10.9. The summed E-state index contributed by atoms with van der Waals surface area (Å²) in [4.78, 5) is 52.7. The Hall–Kier alpha value is -3.14. The Morgan fingerprint density at radius 3 is 2.55 bits per heavy atom. The zero-order valence-corrected chi connectivity index (χ0v) is 22.9. The van der Waals surface area contributed by atoms with Crippen molar-refractivity contribution in [3.63, 3.8) is 0 Å². The van der Waals surface area contributed by atoms with E-state index in [-0.39, 0.29) is 18.5 Å². The molecule has 0 aliphatic carbocycles. The molecule has 10 nitrogen and oxygen atoms in total. The number of hydrogen-bond acceptors (Lipinski definition) is 7. The molecule has 2 fully saturated rings. The molecule has 0 spiro atoms. The molecule has 10 heteroatoms. The number of likely N-dealkylation sites (tertiary alicyclic amines) is 1. The Morgan fingerprint density at radius 1 is 1.16 bits per heavy atom. The van der Waals surface area contributed by atoms with Crippen molar-refractivity contribution in [1.82, 2.24) is 15.5 Å². The van der Waals surface area contributed by atoms with Gasteiger partial charge in [0.2, 0.25) is 5.78 Å². The second-order valence-corrected chi connectivity index (χ2v) is 10.9. The average molecular weight is 532 g/mol. The summed E-state index contributed by atoms with van der Waals surface area (Å²) in [5, 5.41) is 5.31. The van der Waals surface area contributed by atoms with Gasteiger partial charge in [0, 0.05) is 24.5 Å². The number of benzene rings is 1. The van der Waals surface area contributed by atoms with Crippen LogP contribution in [0.15, 0.2) is 30.3 Å². The normalized spacial score (nSPS) is 21.8. The number of carbonyl (C=O) groups excluding carboxylic acids is 4. The third-order valence-electron chi connectivity index (χ3n) is 7.16. The number of unbranched alkanes of at least 4 members (excludes halogenated alkanes) is 1. The van der Waals surface area contributed by atoms with Crippen molar-refractivity contribution in [2.24, 2.45) is 11.3 Å². The van der Waals surface area contributed by atoms with Crippen LogP contribution in [-0.4, -0.2) is 73.8 Å². The fourth-order valence-electron chi connectivity index (χ4n) is 4.67. The third-order valence-corrected chi connectivity index (χ3v) is 7.16. The predicted octanol–water partition coefficient (Wildman–Crippen LogP) is 3.60. The SMILES string of the molecule is CCCC[C@H](NC(=O)O[C@H]1CN(C(=O)OCC2CCOC2)CC1(C)C)C(=O)C(=O)N[C@H](C)c1ccccc1. The molecular weight excluding hydrogens is 490 g/mol. The number of carbonyl (C=O) groups is 4. The van der Waals surface area contributed by atoms with Crippen molar-refractivity contribution in [2.45, 2.75) is 71.6 Å². The lowest BCUT2D eigenvalue weighted by Gasteiger charge is -2.26. The molecule has 2 N–H and O–H groups in total. The van der Waals surface area contributed by atoms with Crippen LogP contribution in [0, 0.1) is 11.3 Å².